The Kier molecular flexibility index (Phi) is 6.79. The molecule has 4 nitrogen and oxygen atoms in total. The molecular weight excluding hydrogens is 240 g/mol. The van der Waals surface area contributed by atoms with E-state index in [0.29, 0.717) is 6.54 Å². The van der Waals surface area contributed by atoms with Gasteiger partial charge in [-0.2, -0.15) is 0 Å². The summed E-state index contributed by atoms with van der Waals surface area (Å²) < 4.78 is 5.58. The largest absolute Gasteiger partial charge is 0.494 e. The SMILES string of the molecule is CCCCOc1ccc(CNC(=O)NC(C)C)cc1. The van der Waals surface area contributed by atoms with Crippen LogP contribution in [0.25, 0.3) is 0 Å². The highest BCUT2D eigenvalue weighted by atomic mass is 16.5. The Morgan fingerprint density at radius 1 is 1.26 bits per heavy atom. The third-order valence-corrected chi connectivity index (χ3v) is 2.56. The molecule has 0 unspecified atom stereocenters. The van der Waals surface area contributed by atoms with Crippen LogP contribution in [0.4, 0.5) is 4.79 Å². The van der Waals surface area contributed by atoms with Gasteiger partial charge < -0.3 is 15.4 Å². The maximum atomic E-state index is 11.4. The molecule has 2 N–H and O–H groups in total. The summed E-state index contributed by atoms with van der Waals surface area (Å²) in [5.41, 5.74) is 1.06. The smallest absolute Gasteiger partial charge is 0.315 e. The fraction of sp³-hybridized carbons (Fsp3) is 0.533. The highest BCUT2D eigenvalue weighted by Crippen LogP contribution is 2.12. The lowest BCUT2D eigenvalue weighted by Gasteiger charge is -2.10. The normalized spacial score (nSPS) is 10.3. The van der Waals surface area contributed by atoms with E-state index in [4.69, 9.17) is 4.74 Å². The van der Waals surface area contributed by atoms with E-state index in [1.165, 1.54) is 0 Å². The molecule has 0 atom stereocenters. The minimum absolute atomic E-state index is 0.140. The summed E-state index contributed by atoms with van der Waals surface area (Å²) in [6.07, 6.45) is 2.20. The van der Waals surface area contributed by atoms with Crippen molar-refractivity contribution in [2.24, 2.45) is 0 Å². The average Bonchev–Trinajstić information content (AvgIpc) is 2.37. The van der Waals surface area contributed by atoms with E-state index in [-0.39, 0.29) is 12.1 Å². The van der Waals surface area contributed by atoms with Crippen molar-refractivity contribution in [2.75, 3.05) is 6.61 Å². The van der Waals surface area contributed by atoms with E-state index < -0.39 is 0 Å². The molecule has 1 rings (SSSR count). The molecule has 0 saturated heterocycles. The second kappa shape index (κ2) is 8.40. The molecule has 4 heteroatoms. The van der Waals surface area contributed by atoms with E-state index in [9.17, 15) is 4.79 Å². The zero-order valence-corrected chi connectivity index (χ0v) is 12.0. The van der Waals surface area contributed by atoms with Gasteiger partial charge in [-0.25, -0.2) is 4.79 Å². The first-order chi connectivity index (χ1) is 9.11. The van der Waals surface area contributed by atoms with Crippen LogP contribution in [-0.2, 0) is 6.54 Å². The van der Waals surface area contributed by atoms with Crippen molar-refractivity contribution in [3.63, 3.8) is 0 Å². The monoisotopic (exact) mass is 264 g/mol. The van der Waals surface area contributed by atoms with Crippen molar-refractivity contribution in [1.29, 1.82) is 0 Å². The Bertz CT molecular complexity index is 374. The van der Waals surface area contributed by atoms with Crippen molar-refractivity contribution >= 4 is 6.03 Å². The van der Waals surface area contributed by atoms with Crippen LogP contribution in [0.2, 0.25) is 0 Å². The number of urea groups is 1. The molecule has 0 spiro atoms. The van der Waals surface area contributed by atoms with E-state index in [0.717, 1.165) is 30.8 Å². The first-order valence-electron chi connectivity index (χ1n) is 6.88. The van der Waals surface area contributed by atoms with Gasteiger partial charge in [-0.05, 0) is 38.0 Å². The summed E-state index contributed by atoms with van der Waals surface area (Å²) in [5, 5.41) is 5.60. The fourth-order valence-electron chi connectivity index (χ4n) is 1.53. The van der Waals surface area contributed by atoms with Crippen molar-refractivity contribution < 1.29 is 9.53 Å². The van der Waals surface area contributed by atoms with Gasteiger partial charge >= 0.3 is 6.03 Å². The number of ether oxygens (including phenoxy) is 1. The van der Waals surface area contributed by atoms with Gasteiger partial charge in [0.1, 0.15) is 5.75 Å². The number of hydrogen-bond donors (Lipinski definition) is 2. The van der Waals surface area contributed by atoms with Gasteiger partial charge in [0.25, 0.3) is 0 Å². The molecule has 1 aromatic carbocycles. The molecule has 0 saturated carbocycles. The zero-order valence-electron chi connectivity index (χ0n) is 12.0. The molecule has 106 valence electrons. The molecule has 0 bridgehead atoms. The Labute approximate surface area is 115 Å². The first-order valence-corrected chi connectivity index (χ1v) is 6.88. The Balaban J connectivity index is 2.33. The van der Waals surface area contributed by atoms with Crippen LogP contribution < -0.4 is 15.4 Å². The van der Waals surface area contributed by atoms with Crippen molar-refractivity contribution in [1.82, 2.24) is 10.6 Å². The predicted molar refractivity (Wildman–Crippen MR) is 77.4 cm³/mol. The van der Waals surface area contributed by atoms with Gasteiger partial charge in [-0.3, -0.25) is 0 Å². The number of benzene rings is 1. The van der Waals surface area contributed by atoms with Crippen LogP contribution in [0.3, 0.4) is 0 Å². The first kappa shape index (κ1) is 15.3. The molecule has 0 aliphatic rings. The number of hydrogen-bond acceptors (Lipinski definition) is 2. The van der Waals surface area contributed by atoms with Gasteiger partial charge in [0.2, 0.25) is 0 Å². The standard InChI is InChI=1S/C15H24N2O2/c1-4-5-10-19-14-8-6-13(7-9-14)11-16-15(18)17-12(2)3/h6-9,12H,4-5,10-11H2,1-3H3,(H2,16,17,18). The topological polar surface area (TPSA) is 50.4 Å². The van der Waals surface area contributed by atoms with Gasteiger partial charge in [-0.15, -0.1) is 0 Å². The lowest BCUT2D eigenvalue weighted by molar-refractivity contribution is 0.238. The zero-order chi connectivity index (χ0) is 14.1. The van der Waals surface area contributed by atoms with Crippen LogP contribution in [0, 0.1) is 0 Å². The van der Waals surface area contributed by atoms with E-state index in [1.807, 2.05) is 38.1 Å². The number of carbonyl (C=O) groups is 1. The molecule has 0 aromatic heterocycles. The second-order valence-corrected chi connectivity index (χ2v) is 4.83. The fourth-order valence-corrected chi connectivity index (χ4v) is 1.53. The quantitative estimate of drug-likeness (QED) is 0.744. The Hall–Kier alpha value is -1.71. The number of nitrogens with one attached hydrogen (secondary N) is 2. The molecule has 0 aliphatic heterocycles. The molecule has 0 fully saturated rings. The van der Waals surface area contributed by atoms with Crippen LogP contribution in [-0.4, -0.2) is 18.7 Å². The lowest BCUT2D eigenvalue weighted by atomic mass is 10.2. The number of rotatable bonds is 7. The van der Waals surface area contributed by atoms with Crippen LogP contribution in [0.5, 0.6) is 5.75 Å². The second-order valence-electron chi connectivity index (χ2n) is 4.83. The Morgan fingerprint density at radius 2 is 1.95 bits per heavy atom. The molecule has 1 aromatic rings. The molecule has 0 radical (unpaired) electrons. The van der Waals surface area contributed by atoms with Gasteiger partial charge in [0.15, 0.2) is 0 Å². The van der Waals surface area contributed by atoms with Crippen LogP contribution >= 0.6 is 0 Å². The predicted octanol–water partition coefficient (Wildman–Crippen LogP) is 3.07. The molecule has 2 amide bonds. The number of amides is 2. The minimum atomic E-state index is -0.140. The van der Waals surface area contributed by atoms with Crippen LogP contribution in [0.1, 0.15) is 39.2 Å². The highest BCUT2D eigenvalue weighted by Gasteiger charge is 2.02. The number of unbranched alkanes of at least 4 members (excludes halogenated alkanes) is 1. The maximum Gasteiger partial charge on any atom is 0.315 e. The molecule has 0 aliphatic carbocycles. The summed E-state index contributed by atoms with van der Waals surface area (Å²) in [6.45, 7) is 7.28. The third kappa shape index (κ3) is 6.70. The molecule has 19 heavy (non-hydrogen) atoms. The van der Waals surface area contributed by atoms with Gasteiger partial charge in [0.05, 0.1) is 6.61 Å². The third-order valence-electron chi connectivity index (χ3n) is 2.56. The minimum Gasteiger partial charge on any atom is -0.494 e. The van der Waals surface area contributed by atoms with Crippen LogP contribution in [0.15, 0.2) is 24.3 Å². The van der Waals surface area contributed by atoms with E-state index in [1.54, 1.807) is 0 Å². The summed E-state index contributed by atoms with van der Waals surface area (Å²) in [7, 11) is 0. The molecule has 0 heterocycles. The Morgan fingerprint density at radius 3 is 2.53 bits per heavy atom. The average molecular weight is 264 g/mol. The van der Waals surface area contributed by atoms with E-state index in [2.05, 4.69) is 17.6 Å². The van der Waals surface area contributed by atoms with Crippen molar-refractivity contribution in [3.8, 4) is 5.75 Å². The van der Waals surface area contributed by atoms with Gasteiger partial charge in [0, 0.05) is 12.6 Å². The summed E-state index contributed by atoms with van der Waals surface area (Å²) in [4.78, 5) is 11.4. The number of carbonyl (C=O) groups excluding carboxylic acids is 1. The lowest BCUT2D eigenvalue weighted by Crippen LogP contribution is -2.38. The van der Waals surface area contributed by atoms with Gasteiger partial charge in [-0.1, -0.05) is 25.5 Å². The summed E-state index contributed by atoms with van der Waals surface area (Å²) in [6, 6.07) is 7.82. The maximum absolute atomic E-state index is 11.4. The molecular formula is C15H24N2O2. The summed E-state index contributed by atoms with van der Waals surface area (Å²) >= 11 is 0. The van der Waals surface area contributed by atoms with Crippen molar-refractivity contribution in [3.05, 3.63) is 29.8 Å². The highest BCUT2D eigenvalue weighted by molar-refractivity contribution is 5.74. The summed E-state index contributed by atoms with van der Waals surface area (Å²) in [5.74, 6) is 0.879. The van der Waals surface area contributed by atoms with Crippen molar-refractivity contribution in [2.45, 2.75) is 46.2 Å². The van der Waals surface area contributed by atoms with E-state index >= 15 is 0 Å².